The fourth-order valence-electron chi connectivity index (χ4n) is 3.72. The van der Waals surface area contributed by atoms with Crippen LogP contribution < -0.4 is 9.64 Å². The fraction of sp³-hybridized carbons (Fsp3) is 0.318. The van der Waals surface area contributed by atoms with Crippen LogP contribution >= 0.6 is 0 Å². The number of hydrogen-bond donors (Lipinski definition) is 0. The van der Waals surface area contributed by atoms with Gasteiger partial charge in [-0.05, 0) is 41.8 Å². The van der Waals surface area contributed by atoms with E-state index in [2.05, 4.69) is 46.0 Å². The third kappa shape index (κ3) is 3.77. The Kier molecular flexibility index (Phi) is 5.01. The lowest BCUT2D eigenvalue weighted by atomic mass is 10.2. The summed E-state index contributed by atoms with van der Waals surface area (Å²) in [6, 6.07) is 18.5. The molecular weight excluding hydrogens is 338 g/mol. The van der Waals surface area contributed by atoms with Crippen molar-refractivity contribution >= 4 is 22.5 Å². The first-order chi connectivity index (χ1) is 13.2. The number of carbonyl (C=O) groups is 1. The predicted molar refractivity (Wildman–Crippen MR) is 108 cm³/mol. The van der Waals surface area contributed by atoms with E-state index >= 15 is 0 Å². The number of ether oxygens (including phenoxy) is 1. The van der Waals surface area contributed by atoms with Crippen molar-refractivity contribution in [2.75, 3.05) is 38.2 Å². The van der Waals surface area contributed by atoms with Crippen molar-refractivity contribution in [3.05, 3.63) is 60.8 Å². The molecule has 0 N–H and O–H groups in total. The molecule has 0 aliphatic carbocycles. The van der Waals surface area contributed by atoms with E-state index in [1.807, 2.05) is 29.2 Å². The van der Waals surface area contributed by atoms with E-state index in [1.165, 1.54) is 16.6 Å². The number of anilines is 1. The van der Waals surface area contributed by atoms with E-state index in [0.29, 0.717) is 6.42 Å². The Hall–Kier alpha value is -2.95. The lowest BCUT2D eigenvalue weighted by Crippen LogP contribution is -2.48. The molecule has 1 aliphatic heterocycles. The van der Waals surface area contributed by atoms with Crippen LogP contribution in [0.1, 0.15) is 6.42 Å². The zero-order chi connectivity index (χ0) is 18.6. The van der Waals surface area contributed by atoms with Gasteiger partial charge < -0.3 is 19.1 Å². The van der Waals surface area contributed by atoms with Crippen LogP contribution in [0.4, 0.5) is 5.69 Å². The molecule has 1 aliphatic rings. The van der Waals surface area contributed by atoms with E-state index in [-0.39, 0.29) is 5.91 Å². The number of fused-ring (bicyclic) bond motifs is 1. The topological polar surface area (TPSA) is 37.7 Å². The monoisotopic (exact) mass is 363 g/mol. The third-order valence-corrected chi connectivity index (χ3v) is 5.32. The molecule has 2 aromatic carbocycles. The highest BCUT2D eigenvalue weighted by atomic mass is 16.5. The van der Waals surface area contributed by atoms with Gasteiger partial charge in [-0.1, -0.05) is 18.2 Å². The summed E-state index contributed by atoms with van der Waals surface area (Å²) in [6.07, 6.45) is 2.61. The summed E-state index contributed by atoms with van der Waals surface area (Å²) in [5.74, 6) is 1.10. The van der Waals surface area contributed by atoms with Gasteiger partial charge in [0.25, 0.3) is 0 Å². The number of rotatable bonds is 5. The van der Waals surface area contributed by atoms with Crippen LogP contribution in [0.3, 0.4) is 0 Å². The Bertz CT molecular complexity index is 909. The van der Waals surface area contributed by atoms with Crippen LogP contribution in [0, 0.1) is 0 Å². The summed E-state index contributed by atoms with van der Waals surface area (Å²) >= 11 is 0. The highest BCUT2D eigenvalue weighted by Gasteiger charge is 2.21. The summed E-state index contributed by atoms with van der Waals surface area (Å²) in [5.41, 5.74) is 2.37. The molecule has 0 spiro atoms. The van der Waals surface area contributed by atoms with Crippen LogP contribution in [0.25, 0.3) is 10.9 Å². The van der Waals surface area contributed by atoms with Gasteiger partial charge in [0, 0.05) is 56.5 Å². The van der Waals surface area contributed by atoms with Gasteiger partial charge in [0.2, 0.25) is 5.91 Å². The Morgan fingerprint density at radius 2 is 1.70 bits per heavy atom. The molecule has 0 bridgehead atoms. The molecule has 0 unspecified atom stereocenters. The van der Waals surface area contributed by atoms with Crippen LogP contribution in [0.15, 0.2) is 60.8 Å². The van der Waals surface area contributed by atoms with Crippen molar-refractivity contribution in [2.24, 2.45) is 0 Å². The van der Waals surface area contributed by atoms with E-state index < -0.39 is 0 Å². The molecule has 4 rings (SSSR count). The first-order valence-corrected chi connectivity index (χ1v) is 9.45. The van der Waals surface area contributed by atoms with Crippen LogP contribution in [-0.4, -0.2) is 48.7 Å². The smallest absolute Gasteiger partial charge is 0.224 e. The zero-order valence-corrected chi connectivity index (χ0v) is 15.7. The number of nitrogens with zero attached hydrogens (tertiary/aromatic N) is 3. The van der Waals surface area contributed by atoms with Crippen molar-refractivity contribution in [1.29, 1.82) is 0 Å². The van der Waals surface area contributed by atoms with Crippen molar-refractivity contribution in [2.45, 2.75) is 13.0 Å². The molecule has 3 aromatic rings. The standard InChI is InChI=1S/C22H25N3O2/c1-27-20-8-6-19(7-9-20)23-14-16-25(17-15-23)22(26)11-13-24-12-10-18-4-2-3-5-21(18)24/h2-10,12H,11,13-17H2,1H3. The second-order valence-corrected chi connectivity index (χ2v) is 6.88. The zero-order valence-electron chi connectivity index (χ0n) is 15.7. The number of aromatic nitrogens is 1. The molecule has 2 heterocycles. The van der Waals surface area contributed by atoms with Gasteiger partial charge in [-0.3, -0.25) is 4.79 Å². The van der Waals surface area contributed by atoms with Crippen LogP contribution in [-0.2, 0) is 11.3 Å². The average molecular weight is 363 g/mol. The van der Waals surface area contributed by atoms with E-state index in [4.69, 9.17) is 4.74 Å². The van der Waals surface area contributed by atoms with Crippen molar-refractivity contribution in [3.8, 4) is 5.75 Å². The molecule has 140 valence electrons. The molecule has 1 saturated heterocycles. The van der Waals surface area contributed by atoms with Gasteiger partial charge in [-0.15, -0.1) is 0 Å². The SMILES string of the molecule is COc1ccc(N2CCN(C(=O)CCn3ccc4ccccc43)CC2)cc1. The normalized spacial score (nSPS) is 14.6. The quantitative estimate of drug-likeness (QED) is 0.697. The molecular formula is C22H25N3O2. The minimum absolute atomic E-state index is 0.238. The highest BCUT2D eigenvalue weighted by Crippen LogP contribution is 2.21. The maximum absolute atomic E-state index is 12.6. The lowest BCUT2D eigenvalue weighted by molar-refractivity contribution is -0.131. The van der Waals surface area contributed by atoms with Gasteiger partial charge in [-0.2, -0.15) is 0 Å². The van der Waals surface area contributed by atoms with Gasteiger partial charge in [0.05, 0.1) is 7.11 Å². The predicted octanol–water partition coefficient (Wildman–Crippen LogP) is 3.39. The summed E-state index contributed by atoms with van der Waals surface area (Å²) < 4.78 is 7.38. The number of piperazine rings is 1. The number of aryl methyl sites for hydroxylation is 1. The maximum atomic E-state index is 12.6. The summed E-state index contributed by atoms with van der Waals surface area (Å²) in [7, 11) is 1.68. The average Bonchev–Trinajstić information content (AvgIpc) is 3.15. The van der Waals surface area contributed by atoms with E-state index in [1.54, 1.807) is 7.11 Å². The van der Waals surface area contributed by atoms with E-state index in [9.17, 15) is 4.79 Å². The molecule has 5 nitrogen and oxygen atoms in total. The summed E-state index contributed by atoms with van der Waals surface area (Å²) in [5, 5.41) is 1.22. The first kappa shape index (κ1) is 17.5. The molecule has 5 heteroatoms. The minimum atomic E-state index is 0.238. The van der Waals surface area contributed by atoms with Gasteiger partial charge >= 0.3 is 0 Å². The number of hydrogen-bond acceptors (Lipinski definition) is 3. The molecule has 27 heavy (non-hydrogen) atoms. The summed E-state index contributed by atoms with van der Waals surface area (Å²) in [6.45, 7) is 4.01. The number of benzene rings is 2. The Balaban J connectivity index is 1.30. The Labute approximate surface area is 159 Å². The van der Waals surface area contributed by atoms with Gasteiger partial charge in [0.1, 0.15) is 5.75 Å². The molecule has 0 radical (unpaired) electrons. The van der Waals surface area contributed by atoms with Gasteiger partial charge in [-0.25, -0.2) is 0 Å². The summed E-state index contributed by atoms with van der Waals surface area (Å²) in [4.78, 5) is 16.9. The molecule has 1 aromatic heterocycles. The second kappa shape index (κ2) is 7.74. The largest absolute Gasteiger partial charge is 0.497 e. The highest BCUT2D eigenvalue weighted by molar-refractivity contribution is 5.80. The van der Waals surface area contributed by atoms with Crippen LogP contribution in [0.2, 0.25) is 0 Å². The molecule has 1 fully saturated rings. The van der Waals surface area contributed by atoms with Crippen molar-refractivity contribution in [3.63, 3.8) is 0 Å². The fourth-order valence-corrected chi connectivity index (χ4v) is 3.72. The minimum Gasteiger partial charge on any atom is -0.497 e. The van der Waals surface area contributed by atoms with Crippen molar-refractivity contribution < 1.29 is 9.53 Å². The van der Waals surface area contributed by atoms with Crippen LogP contribution in [0.5, 0.6) is 5.75 Å². The molecule has 0 saturated carbocycles. The number of carbonyl (C=O) groups excluding carboxylic acids is 1. The van der Waals surface area contributed by atoms with E-state index in [0.717, 1.165) is 38.5 Å². The Morgan fingerprint density at radius 3 is 2.44 bits per heavy atom. The molecule has 0 atom stereocenters. The number of methoxy groups -OCH3 is 1. The second-order valence-electron chi connectivity index (χ2n) is 6.88. The lowest BCUT2D eigenvalue weighted by Gasteiger charge is -2.36. The number of amides is 1. The van der Waals surface area contributed by atoms with Crippen molar-refractivity contribution in [1.82, 2.24) is 9.47 Å². The maximum Gasteiger partial charge on any atom is 0.224 e. The first-order valence-electron chi connectivity index (χ1n) is 9.45. The van der Waals surface area contributed by atoms with Gasteiger partial charge in [0.15, 0.2) is 0 Å². The Morgan fingerprint density at radius 1 is 0.963 bits per heavy atom. The number of para-hydroxylation sites is 1. The third-order valence-electron chi connectivity index (χ3n) is 5.32. The molecule has 1 amide bonds.